The molecule has 1 aromatic rings. The minimum absolute atomic E-state index is 0.366. The van der Waals surface area contributed by atoms with Crippen LogP contribution in [0.2, 0.25) is 0 Å². The first-order valence-corrected chi connectivity index (χ1v) is 7.28. The molecule has 0 amide bonds. The SMILES string of the molecule is COc1cccc([C@H](C)NCC2CCCCN2C)c1. The smallest absolute Gasteiger partial charge is 0.119 e. The van der Waals surface area contributed by atoms with Crippen molar-refractivity contribution in [2.24, 2.45) is 0 Å². The van der Waals surface area contributed by atoms with Gasteiger partial charge in [-0.15, -0.1) is 0 Å². The Balaban J connectivity index is 1.87. The van der Waals surface area contributed by atoms with Gasteiger partial charge in [0.1, 0.15) is 5.75 Å². The predicted octanol–water partition coefficient (Wildman–Crippen LogP) is 2.83. The number of methoxy groups -OCH3 is 1. The molecule has 0 aromatic heterocycles. The minimum atomic E-state index is 0.366. The summed E-state index contributed by atoms with van der Waals surface area (Å²) in [6.07, 6.45) is 4.02. The first kappa shape index (κ1) is 14.4. The molecule has 1 aliphatic heterocycles. The Hall–Kier alpha value is -1.06. The fourth-order valence-corrected chi connectivity index (χ4v) is 2.74. The van der Waals surface area contributed by atoms with E-state index in [4.69, 9.17) is 4.74 Å². The van der Waals surface area contributed by atoms with Crippen molar-refractivity contribution in [1.29, 1.82) is 0 Å². The van der Waals surface area contributed by atoms with Crippen LogP contribution >= 0.6 is 0 Å². The number of nitrogens with zero attached hydrogens (tertiary/aromatic N) is 1. The number of ether oxygens (including phenoxy) is 1. The van der Waals surface area contributed by atoms with Gasteiger partial charge in [-0.3, -0.25) is 0 Å². The summed E-state index contributed by atoms with van der Waals surface area (Å²) in [5.41, 5.74) is 1.29. The Bertz CT molecular complexity index is 394. The van der Waals surface area contributed by atoms with Crippen LogP contribution < -0.4 is 10.1 Å². The Morgan fingerprint density at radius 3 is 3.00 bits per heavy atom. The van der Waals surface area contributed by atoms with Crippen molar-refractivity contribution in [3.63, 3.8) is 0 Å². The van der Waals surface area contributed by atoms with Gasteiger partial charge in [0.25, 0.3) is 0 Å². The third-order valence-electron chi connectivity index (χ3n) is 4.17. The van der Waals surface area contributed by atoms with E-state index in [1.54, 1.807) is 7.11 Å². The van der Waals surface area contributed by atoms with Gasteiger partial charge < -0.3 is 15.0 Å². The number of hydrogen-bond acceptors (Lipinski definition) is 3. The highest BCUT2D eigenvalue weighted by molar-refractivity contribution is 5.30. The van der Waals surface area contributed by atoms with Crippen LogP contribution in [0.3, 0.4) is 0 Å². The Labute approximate surface area is 116 Å². The lowest BCUT2D eigenvalue weighted by Crippen LogP contribution is -2.43. The fourth-order valence-electron chi connectivity index (χ4n) is 2.74. The molecule has 0 radical (unpaired) electrons. The van der Waals surface area contributed by atoms with Gasteiger partial charge in [0.15, 0.2) is 0 Å². The van der Waals surface area contributed by atoms with Crippen LogP contribution in [0, 0.1) is 0 Å². The van der Waals surface area contributed by atoms with E-state index < -0.39 is 0 Å². The molecule has 106 valence electrons. The highest BCUT2D eigenvalue weighted by Crippen LogP contribution is 2.20. The second-order valence-electron chi connectivity index (χ2n) is 5.54. The average molecular weight is 262 g/mol. The van der Waals surface area contributed by atoms with Crippen LogP contribution in [0.5, 0.6) is 5.75 Å². The van der Waals surface area contributed by atoms with E-state index in [1.165, 1.54) is 31.4 Å². The number of nitrogens with one attached hydrogen (secondary N) is 1. The lowest BCUT2D eigenvalue weighted by atomic mass is 10.0. The highest BCUT2D eigenvalue weighted by atomic mass is 16.5. The fraction of sp³-hybridized carbons (Fsp3) is 0.625. The van der Waals surface area contributed by atoms with E-state index in [0.29, 0.717) is 12.1 Å². The molecular formula is C16H26N2O. The summed E-state index contributed by atoms with van der Waals surface area (Å²) in [5.74, 6) is 0.931. The third-order valence-corrected chi connectivity index (χ3v) is 4.17. The first-order chi connectivity index (χ1) is 9.20. The van der Waals surface area contributed by atoms with Crippen molar-refractivity contribution < 1.29 is 4.74 Å². The zero-order chi connectivity index (χ0) is 13.7. The van der Waals surface area contributed by atoms with Crippen LogP contribution in [-0.4, -0.2) is 38.2 Å². The van der Waals surface area contributed by atoms with Gasteiger partial charge in [-0.25, -0.2) is 0 Å². The molecule has 1 unspecified atom stereocenters. The number of likely N-dealkylation sites (tertiary alicyclic amines) is 1. The van der Waals surface area contributed by atoms with Crippen molar-refractivity contribution in [3.8, 4) is 5.75 Å². The summed E-state index contributed by atoms with van der Waals surface area (Å²) < 4.78 is 5.28. The topological polar surface area (TPSA) is 24.5 Å². The summed E-state index contributed by atoms with van der Waals surface area (Å²) in [6.45, 7) is 4.52. The molecule has 3 nitrogen and oxygen atoms in total. The Morgan fingerprint density at radius 1 is 1.42 bits per heavy atom. The molecule has 1 N–H and O–H groups in total. The first-order valence-electron chi connectivity index (χ1n) is 7.28. The standard InChI is InChI=1S/C16H26N2O/c1-13(14-7-6-9-16(11-14)19-3)17-12-15-8-4-5-10-18(15)2/h6-7,9,11,13,15,17H,4-5,8,10,12H2,1-3H3/t13-,15?/m0/s1. The second-order valence-corrected chi connectivity index (χ2v) is 5.54. The Kier molecular flexibility index (Phi) is 5.23. The van der Waals surface area contributed by atoms with Crippen molar-refractivity contribution in [1.82, 2.24) is 10.2 Å². The maximum Gasteiger partial charge on any atom is 0.119 e. The van der Waals surface area contributed by atoms with E-state index in [0.717, 1.165) is 12.3 Å². The number of rotatable bonds is 5. The highest BCUT2D eigenvalue weighted by Gasteiger charge is 2.19. The molecule has 0 bridgehead atoms. The van der Waals surface area contributed by atoms with E-state index in [9.17, 15) is 0 Å². The molecule has 0 aliphatic carbocycles. The number of hydrogen-bond donors (Lipinski definition) is 1. The zero-order valence-electron chi connectivity index (χ0n) is 12.4. The summed E-state index contributed by atoms with van der Waals surface area (Å²) in [4.78, 5) is 2.48. The molecule has 1 heterocycles. The van der Waals surface area contributed by atoms with Crippen molar-refractivity contribution >= 4 is 0 Å². The summed E-state index contributed by atoms with van der Waals surface area (Å²) in [5, 5.41) is 3.65. The van der Waals surface area contributed by atoms with Gasteiger partial charge in [-0.2, -0.15) is 0 Å². The normalized spacial score (nSPS) is 22.2. The van der Waals surface area contributed by atoms with Crippen LogP contribution in [0.4, 0.5) is 0 Å². The molecule has 0 saturated carbocycles. The van der Waals surface area contributed by atoms with Crippen LogP contribution in [0.15, 0.2) is 24.3 Å². The lowest BCUT2D eigenvalue weighted by Gasteiger charge is -2.33. The molecular weight excluding hydrogens is 236 g/mol. The molecule has 3 heteroatoms. The molecule has 2 rings (SSSR count). The number of benzene rings is 1. The van der Waals surface area contributed by atoms with Crippen LogP contribution in [0.25, 0.3) is 0 Å². The third kappa shape index (κ3) is 3.95. The largest absolute Gasteiger partial charge is 0.497 e. The maximum absolute atomic E-state index is 5.28. The summed E-state index contributed by atoms with van der Waals surface area (Å²) >= 11 is 0. The number of likely N-dealkylation sites (N-methyl/N-ethyl adjacent to an activating group) is 1. The van der Waals surface area contributed by atoms with E-state index in [1.807, 2.05) is 6.07 Å². The monoisotopic (exact) mass is 262 g/mol. The van der Waals surface area contributed by atoms with E-state index in [-0.39, 0.29) is 0 Å². The van der Waals surface area contributed by atoms with Crippen molar-refractivity contribution in [2.45, 2.75) is 38.3 Å². The van der Waals surface area contributed by atoms with Gasteiger partial charge in [-0.05, 0) is 51.1 Å². The molecule has 19 heavy (non-hydrogen) atoms. The minimum Gasteiger partial charge on any atom is -0.497 e. The summed E-state index contributed by atoms with van der Waals surface area (Å²) in [6, 6.07) is 9.37. The second kappa shape index (κ2) is 6.92. The molecule has 1 saturated heterocycles. The van der Waals surface area contributed by atoms with Crippen molar-refractivity contribution in [3.05, 3.63) is 29.8 Å². The van der Waals surface area contributed by atoms with Gasteiger partial charge >= 0.3 is 0 Å². The van der Waals surface area contributed by atoms with Gasteiger partial charge in [0.05, 0.1) is 7.11 Å². The molecule has 1 aliphatic rings. The number of piperidine rings is 1. The van der Waals surface area contributed by atoms with E-state index in [2.05, 4.69) is 42.4 Å². The van der Waals surface area contributed by atoms with Gasteiger partial charge in [0.2, 0.25) is 0 Å². The van der Waals surface area contributed by atoms with E-state index >= 15 is 0 Å². The van der Waals surface area contributed by atoms with Crippen LogP contribution in [0.1, 0.15) is 37.8 Å². The molecule has 1 aromatic carbocycles. The van der Waals surface area contributed by atoms with Gasteiger partial charge in [-0.1, -0.05) is 18.6 Å². The molecule has 0 spiro atoms. The summed E-state index contributed by atoms with van der Waals surface area (Å²) in [7, 11) is 3.95. The molecule has 1 fully saturated rings. The van der Waals surface area contributed by atoms with Crippen LogP contribution in [-0.2, 0) is 0 Å². The predicted molar refractivity (Wildman–Crippen MR) is 79.7 cm³/mol. The molecule has 2 atom stereocenters. The zero-order valence-corrected chi connectivity index (χ0v) is 12.4. The quantitative estimate of drug-likeness (QED) is 0.883. The average Bonchev–Trinajstić information content (AvgIpc) is 2.46. The van der Waals surface area contributed by atoms with Gasteiger partial charge in [0, 0.05) is 18.6 Å². The van der Waals surface area contributed by atoms with Crippen molar-refractivity contribution in [2.75, 3.05) is 27.2 Å². The Morgan fingerprint density at radius 2 is 2.26 bits per heavy atom. The maximum atomic E-state index is 5.28. The lowest BCUT2D eigenvalue weighted by molar-refractivity contribution is 0.178.